The fraction of sp³-hybridized carbons (Fsp3) is 0. The van der Waals surface area contributed by atoms with Gasteiger partial charge in [-0.15, -0.1) is 0 Å². The van der Waals surface area contributed by atoms with Crippen LogP contribution in [0.15, 0.2) is 232 Å². The molecule has 0 bridgehead atoms. The number of anilines is 6. The number of nitrogens with zero attached hydrogens (tertiary/aromatic N) is 2. The van der Waals surface area contributed by atoms with E-state index in [2.05, 4.69) is 241 Å². The topological polar surface area (TPSA) is 6.48 Å². The third kappa shape index (κ3) is 6.70. The average molecular weight is 767 g/mol. The average Bonchev–Trinajstić information content (AvgIpc) is 3.33. The summed E-state index contributed by atoms with van der Waals surface area (Å²) in [5.74, 6) is 0. The number of hydrogen-bond donors (Lipinski definition) is 0. The first-order valence-corrected chi connectivity index (χ1v) is 20.4. The van der Waals surface area contributed by atoms with Crippen molar-refractivity contribution in [3.63, 3.8) is 0 Å². The van der Waals surface area contributed by atoms with Gasteiger partial charge in [-0.25, -0.2) is 0 Å². The minimum Gasteiger partial charge on any atom is -0.310 e. The molecule has 0 aliphatic carbocycles. The van der Waals surface area contributed by atoms with Gasteiger partial charge in [-0.1, -0.05) is 183 Å². The lowest BCUT2D eigenvalue weighted by atomic mass is 9.93. The van der Waals surface area contributed by atoms with Gasteiger partial charge in [0.25, 0.3) is 0 Å². The standard InChI is InChI=1S/C58H42N2/c1-3-41-23-31-47(32-24-41)59(49-35-27-45(28-36-49)43-15-7-5-8-16-43)57-39-55-52-20-12-14-22-54(52)58(40-56(55)51-19-11-13-21-53(51)57)60(48-33-25-42(4-2)26-34-48)50-37-29-46(30-38-50)44-17-9-6-10-18-44/h3-40H,1-2H2. The zero-order chi connectivity index (χ0) is 40.4. The van der Waals surface area contributed by atoms with Crippen molar-refractivity contribution in [3.05, 3.63) is 243 Å². The summed E-state index contributed by atoms with van der Waals surface area (Å²) >= 11 is 0. The summed E-state index contributed by atoms with van der Waals surface area (Å²) in [5.41, 5.74) is 13.5. The predicted molar refractivity (Wildman–Crippen MR) is 259 cm³/mol. The van der Waals surface area contributed by atoms with Crippen LogP contribution in [-0.2, 0) is 0 Å². The molecule has 0 atom stereocenters. The predicted octanol–water partition coefficient (Wildman–Crippen LogP) is 16.7. The van der Waals surface area contributed by atoms with E-state index in [9.17, 15) is 0 Å². The molecule has 10 aromatic rings. The summed E-state index contributed by atoms with van der Waals surface area (Å²) in [6.45, 7) is 8.05. The first-order valence-electron chi connectivity index (χ1n) is 20.4. The fourth-order valence-electron chi connectivity index (χ4n) is 8.52. The SMILES string of the molecule is C=Cc1ccc(N(c2ccc(-c3ccccc3)cc2)c2cc3c4ccccc4c(N(c4ccc(C=C)cc4)c4ccc(-c5ccccc5)cc4)cc3c3ccccc23)cc1. The number of fused-ring (bicyclic) bond motifs is 5. The second kappa shape index (κ2) is 15.8. The zero-order valence-corrected chi connectivity index (χ0v) is 33.2. The normalized spacial score (nSPS) is 11.1. The fourth-order valence-corrected chi connectivity index (χ4v) is 8.52. The van der Waals surface area contributed by atoms with Crippen molar-refractivity contribution < 1.29 is 0 Å². The second-order valence-electron chi connectivity index (χ2n) is 15.1. The molecule has 2 heteroatoms. The minimum atomic E-state index is 1.08. The highest BCUT2D eigenvalue weighted by Gasteiger charge is 2.22. The van der Waals surface area contributed by atoms with Gasteiger partial charge in [-0.05, 0) is 116 Å². The van der Waals surface area contributed by atoms with E-state index in [1.165, 1.54) is 54.6 Å². The maximum absolute atomic E-state index is 4.03. The lowest BCUT2D eigenvalue weighted by Gasteiger charge is -2.30. The van der Waals surface area contributed by atoms with Gasteiger partial charge in [0.2, 0.25) is 0 Å². The summed E-state index contributed by atoms with van der Waals surface area (Å²) in [4.78, 5) is 4.79. The minimum absolute atomic E-state index is 1.08. The summed E-state index contributed by atoms with van der Waals surface area (Å²) in [6, 6.07) is 78.8. The Labute approximate surface area is 351 Å². The summed E-state index contributed by atoms with van der Waals surface area (Å²) < 4.78 is 0. The number of hydrogen-bond acceptors (Lipinski definition) is 2. The molecule has 0 aliphatic rings. The van der Waals surface area contributed by atoms with Gasteiger partial charge in [0, 0.05) is 33.5 Å². The molecule has 0 aliphatic heterocycles. The molecule has 0 fully saturated rings. The van der Waals surface area contributed by atoms with E-state index in [0.717, 1.165) is 45.3 Å². The van der Waals surface area contributed by atoms with Crippen molar-refractivity contribution in [2.75, 3.05) is 9.80 Å². The molecular weight excluding hydrogens is 725 g/mol. The molecule has 10 rings (SSSR count). The molecule has 0 saturated heterocycles. The Morgan fingerprint density at radius 3 is 0.883 bits per heavy atom. The lowest BCUT2D eigenvalue weighted by Crippen LogP contribution is -2.12. The van der Waals surface area contributed by atoms with Crippen LogP contribution in [0.2, 0.25) is 0 Å². The Hall–Kier alpha value is -7.94. The molecule has 2 nitrogen and oxygen atoms in total. The van der Waals surface area contributed by atoms with E-state index in [0.29, 0.717) is 0 Å². The Kier molecular flexibility index (Phi) is 9.57. The van der Waals surface area contributed by atoms with Crippen molar-refractivity contribution in [1.29, 1.82) is 0 Å². The van der Waals surface area contributed by atoms with Crippen molar-refractivity contribution in [3.8, 4) is 22.3 Å². The zero-order valence-electron chi connectivity index (χ0n) is 33.2. The molecule has 0 aromatic heterocycles. The smallest absolute Gasteiger partial charge is 0.0546 e. The van der Waals surface area contributed by atoms with Gasteiger partial charge in [0.05, 0.1) is 11.4 Å². The molecule has 0 N–H and O–H groups in total. The quantitative estimate of drug-likeness (QED) is 0.128. The van der Waals surface area contributed by atoms with Crippen LogP contribution in [0.3, 0.4) is 0 Å². The highest BCUT2D eigenvalue weighted by molar-refractivity contribution is 6.24. The van der Waals surface area contributed by atoms with E-state index in [1.54, 1.807) is 0 Å². The highest BCUT2D eigenvalue weighted by Crippen LogP contribution is 2.48. The van der Waals surface area contributed by atoms with Crippen LogP contribution < -0.4 is 9.80 Å². The van der Waals surface area contributed by atoms with Gasteiger partial charge in [-0.3, -0.25) is 0 Å². The first kappa shape index (κ1) is 36.4. The second-order valence-corrected chi connectivity index (χ2v) is 15.1. The highest BCUT2D eigenvalue weighted by atomic mass is 15.1. The maximum atomic E-state index is 4.03. The van der Waals surface area contributed by atoms with E-state index < -0.39 is 0 Å². The van der Waals surface area contributed by atoms with Crippen molar-refractivity contribution in [2.45, 2.75) is 0 Å². The van der Waals surface area contributed by atoms with Gasteiger partial charge < -0.3 is 9.80 Å². The van der Waals surface area contributed by atoms with Crippen LogP contribution in [-0.4, -0.2) is 0 Å². The van der Waals surface area contributed by atoms with E-state index in [1.807, 2.05) is 12.2 Å². The van der Waals surface area contributed by atoms with Gasteiger partial charge in [0.1, 0.15) is 0 Å². The monoisotopic (exact) mass is 766 g/mol. The number of rotatable bonds is 10. The molecule has 0 heterocycles. The summed E-state index contributed by atoms with van der Waals surface area (Å²) in [6.07, 6.45) is 3.79. The van der Waals surface area contributed by atoms with Crippen LogP contribution in [0.25, 0.3) is 66.7 Å². The van der Waals surface area contributed by atoms with Crippen LogP contribution in [0, 0.1) is 0 Å². The summed E-state index contributed by atoms with van der Waals surface area (Å²) in [7, 11) is 0. The Balaban J connectivity index is 1.21. The molecule has 10 aromatic carbocycles. The number of benzene rings is 10. The lowest BCUT2D eigenvalue weighted by molar-refractivity contribution is 1.30. The Morgan fingerprint density at radius 1 is 0.267 bits per heavy atom. The van der Waals surface area contributed by atoms with E-state index >= 15 is 0 Å². The largest absolute Gasteiger partial charge is 0.310 e. The molecule has 0 spiro atoms. The summed E-state index contributed by atoms with van der Waals surface area (Å²) in [5, 5.41) is 7.09. The van der Waals surface area contributed by atoms with Crippen molar-refractivity contribution in [2.24, 2.45) is 0 Å². The Morgan fingerprint density at radius 2 is 0.550 bits per heavy atom. The molecule has 0 saturated carbocycles. The van der Waals surface area contributed by atoms with Crippen molar-refractivity contribution >= 4 is 78.6 Å². The Bertz CT molecular complexity index is 2910. The molecule has 0 unspecified atom stereocenters. The third-order valence-electron chi connectivity index (χ3n) is 11.6. The van der Waals surface area contributed by atoms with Crippen LogP contribution in [0.1, 0.15) is 11.1 Å². The first-order chi connectivity index (χ1) is 29.7. The van der Waals surface area contributed by atoms with Gasteiger partial charge in [-0.2, -0.15) is 0 Å². The molecule has 284 valence electrons. The van der Waals surface area contributed by atoms with Crippen LogP contribution in [0.4, 0.5) is 34.1 Å². The van der Waals surface area contributed by atoms with E-state index in [4.69, 9.17) is 0 Å². The molecule has 0 amide bonds. The molecule has 0 radical (unpaired) electrons. The third-order valence-corrected chi connectivity index (χ3v) is 11.6. The van der Waals surface area contributed by atoms with Crippen LogP contribution in [0.5, 0.6) is 0 Å². The molecule has 60 heavy (non-hydrogen) atoms. The van der Waals surface area contributed by atoms with E-state index in [-0.39, 0.29) is 0 Å². The molecular formula is C58H42N2. The van der Waals surface area contributed by atoms with Gasteiger partial charge >= 0.3 is 0 Å². The maximum Gasteiger partial charge on any atom is 0.0546 e. The van der Waals surface area contributed by atoms with Crippen LogP contribution >= 0.6 is 0 Å². The van der Waals surface area contributed by atoms with Gasteiger partial charge in [0.15, 0.2) is 0 Å². The van der Waals surface area contributed by atoms with Crippen molar-refractivity contribution in [1.82, 2.24) is 0 Å².